The molecule has 0 fully saturated rings. The summed E-state index contributed by atoms with van der Waals surface area (Å²) in [6.07, 6.45) is 5.95. The number of rotatable bonds is 1. The number of aliphatic imine (C=N–C) groups is 1. The fourth-order valence-corrected chi connectivity index (χ4v) is 1.47. The average molecular weight is 186 g/mol. The number of pyridine rings is 1. The van der Waals surface area contributed by atoms with Gasteiger partial charge in [0.05, 0.1) is 11.4 Å². The minimum absolute atomic E-state index is 1.01. The van der Waals surface area contributed by atoms with Crippen molar-refractivity contribution in [2.75, 3.05) is 0 Å². The molecular weight excluding hydrogens is 172 g/mol. The molecular formula is C12H14N2. The standard InChI is InChI=1S/C12H14N2/c1-9-3-5-11(13-7-9)12-6-4-10(2)8-14-12/h3,5,7-8H,4,6H2,1-2H3. The zero-order chi connectivity index (χ0) is 9.97. The summed E-state index contributed by atoms with van der Waals surface area (Å²) in [5, 5.41) is 0. The van der Waals surface area contributed by atoms with Crippen LogP contribution >= 0.6 is 0 Å². The number of aryl methyl sites for hydroxylation is 1. The van der Waals surface area contributed by atoms with Crippen LogP contribution in [0.5, 0.6) is 0 Å². The van der Waals surface area contributed by atoms with Gasteiger partial charge in [0.1, 0.15) is 0 Å². The van der Waals surface area contributed by atoms with Crippen molar-refractivity contribution in [2.24, 2.45) is 4.99 Å². The highest BCUT2D eigenvalue weighted by Crippen LogP contribution is 2.15. The van der Waals surface area contributed by atoms with Crippen molar-refractivity contribution in [3.05, 3.63) is 41.4 Å². The van der Waals surface area contributed by atoms with Crippen LogP contribution in [0.3, 0.4) is 0 Å². The van der Waals surface area contributed by atoms with Crippen LogP contribution in [0.15, 0.2) is 35.1 Å². The maximum atomic E-state index is 4.40. The van der Waals surface area contributed by atoms with E-state index in [2.05, 4.69) is 23.0 Å². The first-order valence-electron chi connectivity index (χ1n) is 4.91. The van der Waals surface area contributed by atoms with Crippen molar-refractivity contribution in [1.29, 1.82) is 0 Å². The summed E-state index contributed by atoms with van der Waals surface area (Å²) < 4.78 is 0. The fraction of sp³-hybridized carbons (Fsp3) is 0.333. The molecule has 2 heterocycles. The van der Waals surface area contributed by atoms with Gasteiger partial charge < -0.3 is 0 Å². The van der Waals surface area contributed by atoms with Crippen molar-refractivity contribution >= 4 is 5.71 Å². The van der Waals surface area contributed by atoms with Gasteiger partial charge in [-0.1, -0.05) is 11.6 Å². The normalized spacial score (nSPS) is 16.1. The van der Waals surface area contributed by atoms with Crippen molar-refractivity contribution < 1.29 is 0 Å². The summed E-state index contributed by atoms with van der Waals surface area (Å²) in [6, 6.07) is 4.12. The third kappa shape index (κ3) is 1.90. The maximum absolute atomic E-state index is 4.40. The van der Waals surface area contributed by atoms with Crippen LogP contribution in [0.4, 0.5) is 0 Å². The number of hydrogen-bond donors (Lipinski definition) is 0. The van der Waals surface area contributed by atoms with Crippen LogP contribution in [-0.2, 0) is 0 Å². The molecule has 2 nitrogen and oxygen atoms in total. The summed E-state index contributed by atoms with van der Waals surface area (Å²) >= 11 is 0. The Balaban J connectivity index is 2.28. The van der Waals surface area contributed by atoms with Crippen LogP contribution in [0.25, 0.3) is 0 Å². The molecule has 1 aliphatic heterocycles. The van der Waals surface area contributed by atoms with E-state index in [9.17, 15) is 0 Å². The SMILES string of the molecule is CC1=CN=C(c2ccc(C)cn2)CC1. The van der Waals surface area contributed by atoms with Gasteiger partial charge in [-0.25, -0.2) is 0 Å². The monoisotopic (exact) mass is 186 g/mol. The van der Waals surface area contributed by atoms with E-state index < -0.39 is 0 Å². The van der Waals surface area contributed by atoms with Crippen LogP contribution < -0.4 is 0 Å². The first-order chi connectivity index (χ1) is 6.75. The van der Waals surface area contributed by atoms with Crippen molar-refractivity contribution in [1.82, 2.24) is 4.98 Å². The fourth-order valence-electron chi connectivity index (χ4n) is 1.47. The second-order valence-corrected chi connectivity index (χ2v) is 3.77. The Bertz CT molecular complexity index is 385. The van der Waals surface area contributed by atoms with Gasteiger partial charge in [0.15, 0.2) is 0 Å². The molecule has 1 aromatic rings. The molecule has 1 aliphatic rings. The number of hydrogen-bond acceptors (Lipinski definition) is 2. The third-order valence-corrected chi connectivity index (χ3v) is 2.40. The average Bonchev–Trinajstić information content (AvgIpc) is 2.21. The highest BCUT2D eigenvalue weighted by molar-refractivity contribution is 5.99. The van der Waals surface area contributed by atoms with Crippen LogP contribution in [0.2, 0.25) is 0 Å². The molecule has 14 heavy (non-hydrogen) atoms. The summed E-state index contributed by atoms with van der Waals surface area (Å²) in [7, 11) is 0. The minimum atomic E-state index is 1.01. The predicted octanol–water partition coefficient (Wildman–Crippen LogP) is 2.88. The van der Waals surface area contributed by atoms with Gasteiger partial charge in [0.2, 0.25) is 0 Å². The number of allylic oxidation sites excluding steroid dienone is 1. The quantitative estimate of drug-likeness (QED) is 0.662. The molecule has 0 unspecified atom stereocenters. The predicted molar refractivity (Wildman–Crippen MR) is 58.5 cm³/mol. The van der Waals surface area contributed by atoms with Crippen molar-refractivity contribution in [3.8, 4) is 0 Å². The zero-order valence-electron chi connectivity index (χ0n) is 8.62. The second-order valence-electron chi connectivity index (χ2n) is 3.77. The molecule has 1 aromatic heterocycles. The highest BCUT2D eigenvalue weighted by Gasteiger charge is 2.08. The van der Waals surface area contributed by atoms with Gasteiger partial charge in [-0.2, -0.15) is 0 Å². The molecule has 2 rings (SSSR count). The van der Waals surface area contributed by atoms with Gasteiger partial charge in [0, 0.05) is 12.4 Å². The molecule has 72 valence electrons. The van der Waals surface area contributed by atoms with E-state index in [1.54, 1.807) is 0 Å². The second kappa shape index (κ2) is 3.74. The molecule has 0 atom stereocenters. The largest absolute Gasteiger partial charge is 0.259 e. The Morgan fingerprint density at radius 3 is 2.57 bits per heavy atom. The Hall–Kier alpha value is -1.44. The molecule has 0 N–H and O–H groups in total. The van der Waals surface area contributed by atoms with Gasteiger partial charge in [-0.05, 0) is 38.3 Å². The summed E-state index contributed by atoms with van der Waals surface area (Å²) in [4.78, 5) is 8.77. The molecule has 0 amide bonds. The van der Waals surface area contributed by atoms with E-state index in [1.165, 1.54) is 11.1 Å². The molecule has 0 aromatic carbocycles. The van der Waals surface area contributed by atoms with Crippen LogP contribution in [0.1, 0.15) is 31.0 Å². The molecule has 0 spiro atoms. The van der Waals surface area contributed by atoms with Crippen molar-refractivity contribution in [3.63, 3.8) is 0 Å². The van der Waals surface area contributed by atoms with E-state index in [0.29, 0.717) is 0 Å². The molecule has 0 radical (unpaired) electrons. The molecule has 0 saturated heterocycles. The van der Waals surface area contributed by atoms with E-state index in [0.717, 1.165) is 24.2 Å². The van der Waals surface area contributed by atoms with E-state index >= 15 is 0 Å². The van der Waals surface area contributed by atoms with Gasteiger partial charge in [0.25, 0.3) is 0 Å². The minimum Gasteiger partial charge on any atom is -0.259 e. The smallest absolute Gasteiger partial charge is 0.0844 e. The Morgan fingerprint density at radius 1 is 1.14 bits per heavy atom. The summed E-state index contributed by atoms with van der Waals surface area (Å²) in [5.74, 6) is 0. The molecule has 0 bridgehead atoms. The van der Waals surface area contributed by atoms with Gasteiger partial charge in [-0.3, -0.25) is 9.98 Å². The Labute approximate surface area is 84.4 Å². The molecule has 0 aliphatic carbocycles. The van der Waals surface area contributed by atoms with E-state index in [4.69, 9.17) is 0 Å². The van der Waals surface area contributed by atoms with E-state index in [1.807, 2.05) is 25.4 Å². The third-order valence-electron chi connectivity index (χ3n) is 2.40. The van der Waals surface area contributed by atoms with E-state index in [-0.39, 0.29) is 0 Å². The lowest BCUT2D eigenvalue weighted by atomic mass is 10.0. The lowest BCUT2D eigenvalue weighted by Crippen LogP contribution is -2.06. The lowest BCUT2D eigenvalue weighted by Gasteiger charge is -2.10. The summed E-state index contributed by atoms with van der Waals surface area (Å²) in [6.45, 7) is 4.16. The first-order valence-corrected chi connectivity index (χ1v) is 4.91. The number of nitrogens with zero attached hydrogens (tertiary/aromatic N) is 2. The Morgan fingerprint density at radius 2 is 2.00 bits per heavy atom. The number of aromatic nitrogens is 1. The van der Waals surface area contributed by atoms with Crippen LogP contribution in [-0.4, -0.2) is 10.7 Å². The van der Waals surface area contributed by atoms with Crippen LogP contribution in [0, 0.1) is 6.92 Å². The topological polar surface area (TPSA) is 25.2 Å². The molecule has 2 heteroatoms. The first kappa shape index (κ1) is 9.13. The highest BCUT2D eigenvalue weighted by atomic mass is 14.8. The van der Waals surface area contributed by atoms with Gasteiger partial charge >= 0.3 is 0 Å². The lowest BCUT2D eigenvalue weighted by molar-refractivity contribution is 0.970. The maximum Gasteiger partial charge on any atom is 0.0844 e. The summed E-state index contributed by atoms with van der Waals surface area (Å²) in [5.41, 5.74) is 4.66. The Kier molecular flexibility index (Phi) is 2.44. The zero-order valence-corrected chi connectivity index (χ0v) is 8.62. The van der Waals surface area contributed by atoms with Gasteiger partial charge in [-0.15, -0.1) is 0 Å². The van der Waals surface area contributed by atoms with Crippen molar-refractivity contribution in [2.45, 2.75) is 26.7 Å². The molecule has 0 saturated carbocycles.